The summed E-state index contributed by atoms with van der Waals surface area (Å²) in [6.07, 6.45) is 0. The van der Waals surface area contributed by atoms with Crippen LogP contribution in [0.4, 0.5) is 5.69 Å². The molecule has 4 nitrogen and oxygen atoms in total. The van der Waals surface area contributed by atoms with E-state index < -0.39 is 0 Å². The third-order valence-electron chi connectivity index (χ3n) is 3.85. The summed E-state index contributed by atoms with van der Waals surface area (Å²) in [7, 11) is 0. The van der Waals surface area contributed by atoms with Crippen LogP contribution in [0.25, 0.3) is 0 Å². The Balaban J connectivity index is 1.74. The Labute approximate surface area is 163 Å². The van der Waals surface area contributed by atoms with Gasteiger partial charge < -0.3 is 14.8 Å². The predicted octanol–water partition coefficient (Wildman–Crippen LogP) is 5.57. The Morgan fingerprint density at radius 3 is 2.41 bits per heavy atom. The minimum Gasteiger partial charge on any atom is -0.494 e. The van der Waals surface area contributed by atoms with E-state index in [2.05, 4.69) is 5.32 Å². The topological polar surface area (TPSA) is 47.6 Å². The lowest BCUT2D eigenvalue weighted by molar-refractivity contribution is 0.102. The zero-order valence-corrected chi connectivity index (χ0v) is 15.7. The van der Waals surface area contributed by atoms with E-state index in [1.807, 2.05) is 49.4 Å². The molecule has 0 aromatic heterocycles. The Morgan fingerprint density at radius 1 is 0.963 bits per heavy atom. The molecule has 0 saturated heterocycles. The number of carbonyl (C=O) groups excluding carboxylic acids is 1. The van der Waals surface area contributed by atoms with Crippen molar-refractivity contribution in [2.24, 2.45) is 0 Å². The molecule has 0 aliphatic rings. The number of amides is 1. The quantitative estimate of drug-likeness (QED) is 0.582. The molecule has 1 amide bonds. The molecule has 3 rings (SSSR count). The molecule has 138 valence electrons. The lowest BCUT2D eigenvalue weighted by atomic mass is 10.1. The Kier molecular flexibility index (Phi) is 6.34. The number of anilines is 1. The fourth-order valence-corrected chi connectivity index (χ4v) is 2.71. The van der Waals surface area contributed by atoms with Crippen LogP contribution < -0.4 is 14.8 Å². The average Bonchev–Trinajstić information content (AvgIpc) is 2.69. The van der Waals surface area contributed by atoms with Gasteiger partial charge in [0.2, 0.25) is 0 Å². The highest BCUT2D eigenvalue weighted by Crippen LogP contribution is 2.25. The van der Waals surface area contributed by atoms with Crippen molar-refractivity contribution in [3.05, 3.63) is 88.9 Å². The third kappa shape index (κ3) is 5.25. The van der Waals surface area contributed by atoms with Crippen molar-refractivity contribution in [2.45, 2.75) is 13.5 Å². The molecule has 0 aliphatic carbocycles. The smallest absolute Gasteiger partial charge is 0.259 e. The maximum absolute atomic E-state index is 12.7. The molecule has 3 aromatic rings. The summed E-state index contributed by atoms with van der Waals surface area (Å²) in [5.74, 6) is 0.946. The van der Waals surface area contributed by atoms with Crippen LogP contribution in [-0.4, -0.2) is 12.5 Å². The number of rotatable bonds is 7. The van der Waals surface area contributed by atoms with Crippen molar-refractivity contribution in [1.29, 1.82) is 0 Å². The second-order valence-electron chi connectivity index (χ2n) is 5.83. The van der Waals surface area contributed by atoms with E-state index >= 15 is 0 Å². The van der Waals surface area contributed by atoms with Gasteiger partial charge in [-0.15, -0.1) is 0 Å². The van der Waals surface area contributed by atoms with Crippen LogP contribution in [0.2, 0.25) is 5.02 Å². The Bertz CT molecular complexity index is 895. The summed E-state index contributed by atoms with van der Waals surface area (Å²) in [5.41, 5.74) is 2.06. The van der Waals surface area contributed by atoms with Crippen LogP contribution in [0, 0.1) is 0 Å². The van der Waals surface area contributed by atoms with Gasteiger partial charge in [0.15, 0.2) is 0 Å². The molecule has 0 unspecified atom stereocenters. The third-order valence-corrected chi connectivity index (χ3v) is 4.08. The van der Waals surface area contributed by atoms with Gasteiger partial charge in [0.05, 0.1) is 12.2 Å². The van der Waals surface area contributed by atoms with Crippen molar-refractivity contribution in [3.63, 3.8) is 0 Å². The number of hydrogen-bond acceptors (Lipinski definition) is 3. The van der Waals surface area contributed by atoms with Crippen LogP contribution in [0.1, 0.15) is 22.8 Å². The highest BCUT2D eigenvalue weighted by molar-refractivity contribution is 6.31. The van der Waals surface area contributed by atoms with E-state index in [1.165, 1.54) is 0 Å². The Morgan fingerprint density at radius 2 is 1.70 bits per heavy atom. The van der Waals surface area contributed by atoms with Gasteiger partial charge in [-0.2, -0.15) is 0 Å². The molecular formula is C22H20ClNO3. The molecular weight excluding hydrogens is 362 g/mol. The number of hydrogen-bond donors (Lipinski definition) is 1. The molecule has 0 fully saturated rings. The van der Waals surface area contributed by atoms with Gasteiger partial charge in [-0.1, -0.05) is 41.9 Å². The van der Waals surface area contributed by atoms with Crippen molar-refractivity contribution >= 4 is 23.2 Å². The first-order chi connectivity index (χ1) is 13.2. The highest BCUT2D eigenvalue weighted by atomic mass is 35.5. The lowest BCUT2D eigenvalue weighted by Crippen LogP contribution is -2.13. The maximum atomic E-state index is 12.7. The standard InChI is InChI=1S/C22H20ClNO3/c1-2-26-19-11-9-18(10-12-19)24-22(25)20-14-17(23)8-13-21(20)27-15-16-6-4-3-5-7-16/h3-14H,2,15H2,1H3,(H,24,25). The minimum atomic E-state index is -0.287. The van der Waals surface area contributed by atoms with Crippen LogP contribution in [0.3, 0.4) is 0 Å². The van der Waals surface area contributed by atoms with Crippen LogP contribution in [-0.2, 0) is 6.61 Å². The normalized spacial score (nSPS) is 10.3. The molecule has 0 spiro atoms. The van der Waals surface area contributed by atoms with Gasteiger partial charge >= 0.3 is 0 Å². The summed E-state index contributed by atoms with van der Waals surface area (Å²) in [4.78, 5) is 12.7. The summed E-state index contributed by atoms with van der Waals surface area (Å²) in [6.45, 7) is 2.88. The molecule has 0 bridgehead atoms. The van der Waals surface area contributed by atoms with Gasteiger partial charge in [0, 0.05) is 10.7 Å². The molecule has 0 heterocycles. The van der Waals surface area contributed by atoms with E-state index in [-0.39, 0.29) is 5.91 Å². The van der Waals surface area contributed by atoms with Gasteiger partial charge in [-0.25, -0.2) is 0 Å². The molecule has 0 aliphatic heterocycles. The van der Waals surface area contributed by atoms with Crippen molar-refractivity contribution in [1.82, 2.24) is 0 Å². The lowest BCUT2D eigenvalue weighted by Gasteiger charge is -2.13. The van der Waals surface area contributed by atoms with Crippen molar-refractivity contribution in [2.75, 3.05) is 11.9 Å². The minimum absolute atomic E-state index is 0.287. The maximum Gasteiger partial charge on any atom is 0.259 e. The van der Waals surface area contributed by atoms with Gasteiger partial charge in [-0.05, 0) is 55.0 Å². The van der Waals surface area contributed by atoms with E-state index in [0.29, 0.717) is 35.2 Å². The van der Waals surface area contributed by atoms with E-state index in [1.54, 1.807) is 30.3 Å². The van der Waals surface area contributed by atoms with Gasteiger partial charge in [-0.3, -0.25) is 4.79 Å². The van der Waals surface area contributed by atoms with E-state index in [0.717, 1.165) is 11.3 Å². The highest BCUT2D eigenvalue weighted by Gasteiger charge is 2.14. The fourth-order valence-electron chi connectivity index (χ4n) is 2.54. The summed E-state index contributed by atoms with van der Waals surface area (Å²) in [5, 5.41) is 3.33. The molecule has 0 atom stereocenters. The van der Waals surface area contributed by atoms with Gasteiger partial charge in [0.1, 0.15) is 18.1 Å². The number of ether oxygens (including phenoxy) is 2. The largest absolute Gasteiger partial charge is 0.494 e. The summed E-state index contributed by atoms with van der Waals surface area (Å²) in [6, 6.07) is 22.0. The first kappa shape index (κ1) is 18.8. The fraction of sp³-hybridized carbons (Fsp3) is 0.136. The number of halogens is 1. The molecule has 0 radical (unpaired) electrons. The van der Waals surface area contributed by atoms with Crippen molar-refractivity contribution < 1.29 is 14.3 Å². The van der Waals surface area contributed by atoms with Crippen LogP contribution in [0.5, 0.6) is 11.5 Å². The second kappa shape index (κ2) is 9.10. The zero-order valence-electron chi connectivity index (χ0n) is 14.9. The summed E-state index contributed by atoms with van der Waals surface area (Å²) >= 11 is 6.08. The van der Waals surface area contributed by atoms with Crippen molar-refractivity contribution in [3.8, 4) is 11.5 Å². The van der Waals surface area contributed by atoms with Gasteiger partial charge in [0.25, 0.3) is 5.91 Å². The molecule has 3 aromatic carbocycles. The van der Waals surface area contributed by atoms with E-state index in [9.17, 15) is 4.79 Å². The average molecular weight is 382 g/mol. The molecule has 27 heavy (non-hydrogen) atoms. The molecule has 0 saturated carbocycles. The summed E-state index contributed by atoms with van der Waals surface area (Å²) < 4.78 is 11.3. The monoisotopic (exact) mass is 381 g/mol. The number of carbonyl (C=O) groups is 1. The second-order valence-corrected chi connectivity index (χ2v) is 6.26. The zero-order chi connectivity index (χ0) is 19.1. The van der Waals surface area contributed by atoms with Crippen LogP contribution in [0.15, 0.2) is 72.8 Å². The molecule has 5 heteroatoms. The molecule has 1 N–H and O–H groups in total. The van der Waals surface area contributed by atoms with E-state index in [4.69, 9.17) is 21.1 Å². The Hall–Kier alpha value is -2.98. The first-order valence-corrected chi connectivity index (χ1v) is 9.04. The predicted molar refractivity (Wildman–Crippen MR) is 108 cm³/mol. The number of nitrogens with one attached hydrogen (secondary N) is 1. The SMILES string of the molecule is CCOc1ccc(NC(=O)c2cc(Cl)ccc2OCc2ccccc2)cc1. The first-order valence-electron chi connectivity index (χ1n) is 8.66. The van der Waals surface area contributed by atoms with Crippen LogP contribution >= 0.6 is 11.6 Å². The number of benzene rings is 3.